The molecule has 0 fully saturated rings. The molecule has 7 N–H and O–H groups in total. The van der Waals surface area contributed by atoms with Crippen LogP contribution < -0.4 is 31.6 Å². The van der Waals surface area contributed by atoms with Crippen LogP contribution in [-0.4, -0.2) is 64.5 Å². The molecule has 7 rings (SSSR count). The van der Waals surface area contributed by atoms with Gasteiger partial charge in [-0.15, -0.1) is 0 Å². The Hall–Kier alpha value is -7.43. The lowest BCUT2D eigenvalue weighted by Gasteiger charge is -2.25. The fourth-order valence-corrected chi connectivity index (χ4v) is 5.89. The smallest absolute Gasteiger partial charge is 0.318 e. The Morgan fingerprint density at radius 1 is 0.745 bits per heavy atom. The fraction of sp³-hybridized carbons (Fsp3) is 0.184. The van der Waals surface area contributed by atoms with Crippen LogP contribution in [-0.2, 0) is 35.9 Å². The van der Waals surface area contributed by atoms with E-state index in [1.165, 1.54) is 12.5 Å². The number of benzene rings is 3. The summed E-state index contributed by atoms with van der Waals surface area (Å²) in [5.74, 6) is -1.48. The number of hydrogen-bond donors (Lipinski definition) is 5. The number of ether oxygens (including phenoxy) is 2. The number of imide groups is 1. The average Bonchev–Trinajstić information content (AvgIpc) is 3.77. The normalized spacial score (nSPS) is 12.7. The molecular weight excluding hydrogens is 706 g/mol. The molecule has 1 aliphatic rings. The second-order valence-electron chi connectivity index (χ2n) is 12.5. The summed E-state index contributed by atoms with van der Waals surface area (Å²) in [5.41, 5.74) is 16.1. The standard InChI is InChI=1S/C38H35N11O6/c39-29-15-16-41-38(46-29)55-20-25-11-7-23(8-12-25)18-43-33(51)28(49-35(52)26-3-1-2-4-27(26)36(49)53)13-14-30(50)42-17-22-5-9-24(10-6-22)19-54-34-31-32(45-21-44-31)47-37(40)48-34/h1-12,15-16,21,28H,13-14,17-20H2,(H,42,50)(H,43,51)(H2,39,41,46)(H3,40,44,45,47,48). The third-order valence-electron chi connectivity index (χ3n) is 8.75. The summed E-state index contributed by atoms with van der Waals surface area (Å²) in [6.07, 6.45) is 2.78. The lowest BCUT2D eigenvalue weighted by Crippen LogP contribution is -2.49. The lowest BCUT2D eigenvalue weighted by molar-refractivity contribution is -0.126. The minimum Gasteiger partial charge on any atom is -0.471 e. The Balaban J connectivity index is 0.937. The number of nitrogens with zero attached hydrogens (tertiary/aromatic N) is 6. The summed E-state index contributed by atoms with van der Waals surface area (Å²) in [6, 6.07) is 21.6. The van der Waals surface area contributed by atoms with Gasteiger partial charge in [-0.2, -0.15) is 15.0 Å². The minimum absolute atomic E-state index is 0.0601. The zero-order chi connectivity index (χ0) is 38.3. The van der Waals surface area contributed by atoms with Crippen LogP contribution in [0.15, 0.2) is 91.4 Å². The number of anilines is 2. The molecule has 4 heterocycles. The van der Waals surface area contributed by atoms with E-state index in [4.69, 9.17) is 20.9 Å². The summed E-state index contributed by atoms with van der Waals surface area (Å²) in [5, 5.41) is 5.69. The number of imidazole rings is 1. The van der Waals surface area contributed by atoms with E-state index in [9.17, 15) is 19.2 Å². The van der Waals surface area contributed by atoms with Crippen LogP contribution in [0.5, 0.6) is 11.9 Å². The van der Waals surface area contributed by atoms with Gasteiger partial charge in [0.15, 0.2) is 11.2 Å². The number of aromatic amines is 1. The topological polar surface area (TPSA) is 246 Å². The average molecular weight is 742 g/mol. The molecule has 0 saturated heterocycles. The Labute approximate surface area is 313 Å². The second kappa shape index (κ2) is 16.1. The first kappa shape index (κ1) is 36.0. The summed E-state index contributed by atoms with van der Waals surface area (Å²) in [6.45, 7) is 0.740. The number of fused-ring (bicyclic) bond motifs is 2. The van der Waals surface area contributed by atoms with E-state index in [0.717, 1.165) is 27.2 Å². The highest BCUT2D eigenvalue weighted by molar-refractivity contribution is 6.22. The number of rotatable bonds is 15. The van der Waals surface area contributed by atoms with Gasteiger partial charge in [-0.3, -0.25) is 24.1 Å². The largest absolute Gasteiger partial charge is 0.471 e. The second-order valence-corrected chi connectivity index (χ2v) is 12.5. The molecule has 0 spiro atoms. The Bertz CT molecular complexity index is 2330. The van der Waals surface area contributed by atoms with E-state index in [1.807, 2.05) is 48.5 Å². The van der Waals surface area contributed by atoms with Crippen LogP contribution in [0.3, 0.4) is 0 Å². The molecule has 3 aromatic heterocycles. The van der Waals surface area contributed by atoms with Gasteiger partial charge in [0, 0.05) is 25.7 Å². The van der Waals surface area contributed by atoms with Crippen molar-refractivity contribution in [2.24, 2.45) is 0 Å². The lowest BCUT2D eigenvalue weighted by atomic mass is 10.1. The van der Waals surface area contributed by atoms with Crippen LogP contribution in [0.1, 0.15) is 55.8 Å². The highest BCUT2D eigenvalue weighted by atomic mass is 16.5. The van der Waals surface area contributed by atoms with Gasteiger partial charge in [-0.1, -0.05) is 60.7 Å². The van der Waals surface area contributed by atoms with Gasteiger partial charge in [0.2, 0.25) is 23.6 Å². The van der Waals surface area contributed by atoms with Crippen molar-refractivity contribution in [3.05, 3.63) is 125 Å². The van der Waals surface area contributed by atoms with Crippen molar-refractivity contribution in [2.45, 2.75) is 45.2 Å². The molecule has 0 aliphatic carbocycles. The molecule has 1 aliphatic heterocycles. The summed E-state index contributed by atoms with van der Waals surface area (Å²) < 4.78 is 11.4. The van der Waals surface area contributed by atoms with Crippen LogP contribution in [0.4, 0.5) is 11.8 Å². The summed E-state index contributed by atoms with van der Waals surface area (Å²) in [4.78, 5) is 77.7. The SMILES string of the molecule is Nc1ccnc(OCc2ccc(CNC(=O)C(CCC(=O)NCc3ccc(COc4nc(N)nc5[nH]cnc45)cc3)N3C(=O)c4ccccc4C3=O)cc2)n1. The van der Waals surface area contributed by atoms with Gasteiger partial charge < -0.3 is 36.6 Å². The number of carbonyl (C=O) groups is 4. The Morgan fingerprint density at radius 3 is 2.02 bits per heavy atom. The van der Waals surface area contributed by atoms with E-state index >= 15 is 0 Å². The van der Waals surface area contributed by atoms with Crippen LogP contribution in [0.2, 0.25) is 0 Å². The quantitative estimate of drug-likeness (QED) is 0.0952. The van der Waals surface area contributed by atoms with Crippen molar-refractivity contribution in [3.63, 3.8) is 0 Å². The van der Waals surface area contributed by atoms with Gasteiger partial charge >= 0.3 is 6.01 Å². The highest BCUT2D eigenvalue weighted by Gasteiger charge is 2.42. The number of carbonyl (C=O) groups excluding carboxylic acids is 4. The maximum atomic E-state index is 13.7. The third-order valence-corrected chi connectivity index (χ3v) is 8.75. The predicted molar refractivity (Wildman–Crippen MR) is 198 cm³/mol. The fourth-order valence-electron chi connectivity index (χ4n) is 5.89. The summed E-state index contributed by atoms with van der Waals surface area (Å²) in [7, 11) is 0. The Kier molecular flexibility index (Phi) is 10.5. The molecule has 278 valence electrons. The first-order chi connectivity index (χ1) is 26.7. The van der Waals surface area contributed by atoms with Crippen LogP contribution >= 0.6 is 0 Å². The first-order valence-corrected chi connectivity index (χ1v) is 17.2. The van der Waals surface area contributed by atoms with E-state index < -0.39 is 23.8 Å². The van der Waals surface area contributed by atoms with Gasteiger partial charge in [-0.25, -0.2) is 9.97 Å². The minimum atomic E-state index is -1.23. The van der Waals surface area contributed by atoms with Gasteiger partial charge in [0.1, 0.15) is 25.1 Å². The molecule has 1 unspecified atom stereocenters. The zero-order valence-corrected chi connectivity index (χ0v) is 29.3. The Morgan fingerprint density at radius 2 is 1.36 bits per heavy atom. The number of aromatic nitrogens is 6. The van der Waals surface area contributed by atoms with Crippen LogP contribution in [0, 0.1) is 0 Å². The number of nitrogens with one attached hydrogen (secondary N) is 3. The molecule has 1 atom stereocenters. The molecular formula is C38H35N11O6. The maximum absolute atomic E-state index is 13.7. The molecule has 17 heteroatoms. The zero-order valence-electron chi connectivity index (χ0n) is 29.3. The molecule has 0 saturated carbocycles. The molecule has 0 bridgehead atoms. The van der Waals surface area contributed by atoms with Crippen molar-refractivity contribution < 1.29 is 28.7 Å². The van der Waals surface area contributed by atoms with Gasteiger partial charge in [0.25, 0.3) is 11.8 Å². The van der Waals surface area contributed by atoms with E-state index in [1.54, 1.807) is 30.3 Å². The van der Waals surface area contributed by atoms with Crippen molar-refractivity contribution in [2.75, 3.05) is 11.5 Å². The third kappa shape index (κ3) is 8.46. The number of hydrogen-bond acceptors (Lipinski definition) is 13. The monoisotopic (exact) mass is 741 g/mol. The van der Waals surface area contributed by atoms with Crippen molar-refractivity contribution in [1.82, 2.24) is 45.4 Å². The summed E-state index contributed by atoms with van der Waals surface area (Å²) >= 11 is 0. The van der Waals surface area contributed by atoms with Crippen LogP contribution in [0.25, 0.3) is 11.2 Å². The van der Waals surface area contributed by atoms with E-state index in [0.29, 0.717) is 17.0 Å². The van der Waals surface area contributed by atoms with E-state index in [-0.39, 0.29) is 74.0 Å². The first-order valence-electron chi connectivity index (χ1n) is 17.2. The van der Waals surface area contributed by atoms with Crippen molar-refractivity contribution >= 4 is 46.6 Å². The number of amides is 4. The predicted octanol–water partition coefficient (Wildman–Crippen LogP) is 2.84. The number of H-pyrrole nitrogens is 1. The highest BCUT2D eigenvalue weighted by Crippen LogP contribution is 2.27. The molecule has 17 nitrogen and oxygen atoms in total. The van der Waals surface area contributed by atoms with Crippen molar-refractivity contribution in [1.29, 1.82) is 0 Å². The molecule has 0 radical (unpaired) electrons. The number of nitrogens with two attached hydrogens (primary N) is 2. The van der Waals surface area contributed by atoms with Gasteiger partial charge in [0.05, 0.1) is 17.5 Å². The van der Waals surface area contributed by atoms with Gasteiger partial charge in [-0.05, 0) is 46.9 Å². The van der Waals surface area contributed by atoms with Crippen molar-refractivity contribution in [3.8, 4) is 11.9 Å². The number of nitrogen functional groups attached to an aromatic ring is 2. The molecule has 6 aromatic rings. The molecule has 3 aromatic carbocycles. The van der Waals surface area contributed by atoms with E-state index in [2.05, 4.69) is 40.5 Å². The molecule has 55 heavy (non-hydrogen) atoms. The molecule has 4 amide bonds. The maximum Gasteiger partial charge on any atom is 0.318 e.